The minimum Gasteiger partial charge on any atom is -0.409 e. The summed E-state index contributed by atoms with van der Waals surface area (Å²) < 4.78 is 0. The Morgan fingerprint density at radius 1 is 1.26 bits per heavy atom. The topological polar surface area (TPSA) is 87.7 Å². The Labute approximate surface area is 115 Å². The predicted molar refractivity (Wildman–Crippen MR) is 76.1 cm³/mol. The third-order valence-corrected chi connectivity index (χ3v) is 4.31. The van der Waals surface area contributed by atoms with Crippen LogP contribution in [0.5, 0.6) is 0 Å². The number of carbonyl (C=O) groups is 1. The maximum atomic E-state index is 12.6. The molecule has 0 unspecified atom stereocenters. The van der Waals surface area contributed by atoms with E-state index >= 15 is 0 Å². The van der Waals surface area contributed by atoms with E-state index in [1.165, 1.54) is 0 Å². The Morgan fingerprint density at radius 3 is 2.21 bits per heavy atom. The van der Waals surface area contributed by atoms with Crippen molar-refractivity contribution in [3.63, 3.8) is 0 Å². The average molecular weight is 269 g/mol. The standard InChI is InChI=1S/C14H27N3O2/c1-3-11(4-2)16-13(18)14(12(15)17-19)9-7-5-6-8-10-14/h11,19H,3-10H2,1-2H3,(H2,15,17)(H,16,18). The molecule has 5 nitrogen and oxygen atoms in total. The van der Waals surface area contributed by atoms with Gasteiger partial charge in [0.05, 0.1) is 0 Å². The summed E-state index contributed by atoms with van der Waals surface area (Å²) in [6.45, 7) is 4.11. The second-order valence-electron chi connectivity index (χ2n) is 5.47. The van der Waals surface area contributed by atoms with Gasteiger partial charge in [0, 0.05) is 6.04 Å². The first-order valence-corrected chi connectivity index (χ1v) is 7.39. The average Bonchev–Trinajstić information content (AvgIpc) is 2.70. The molecule has 0 saturated heterocycles. The van der Waals surface area contributed by atoms with Gasteiger partial charge in [-0.05, 0) is 25.7 Å². The van der Waals surface area contributed by atoms with Gasteiger partial charge in [-0.15, -0.1) is 0 Å². The normalized spacial score (nSPS) is 20.1. The van der Waals surface area contributed by atoms with Gasteiger partial charge in [-0.25, -0.2) is 0 Å². The van der Waals surface area contributed by atoms with Crippen LogP contribution in [0.1, 0.15) is 65.2 Å². The number of amidine groups is 1. The number of hydrogen-bond donors (Lipinski definition) is 3. The van der Waals surface area contributed by atoms with Gasteiger partial charge in [-0.2, -0.15) is 0 Å². The monoisotopic (exact) mass is 269 g/mol. The summed E-state index contributed by atoms with van der Waals surface area (Å²) in [6, 6.07) is 0.166. The number of carbonyl (C=O) groups excluding carboxylic acids is 1. The molecule has 1 aliphatic rings. The van der Waals surface area contributed by atoms with Crippen LogP contribution in [0, 0.1) is 5.41 Å². The molecule has 0 aromatic rings. The van der Waals surface area contributed by atoms with Crippen LogP contribution < -0.4 is 11.1 Å². The molecule has 5 heteroatoms. The lowest BCUT2D eigenvalue weighted by Gasteiger charge is -2.31. The number of nitrogens with one attached hydrogen (secondary N) is 1. The molecule has 1 fully saturated rings. The summed E-state index contributed by atoms with van der Waals surface area (Å²) >= 11 is 0. The zero-order valence-corrected chi connectivity index (χ0v) is 12.1. The highest BCUT2D eigenvalue weighted by atomic mass is 16.4. The number of oxime groups is 1. The fourth-order valence-electron chi connectivity index (χ4n) is 2.84. The highest BCUT2D eigenvalue weighted by Gasteiger charge is 2.43. The first-order chi connectivity index (χ1) is 9.10. The summed E-state index contributed by atoms with van der Waals surface area (Å²) in [5.41, 5.74) is 5.04. The van der Waals surface area contributed by atoms with Gasteiger partial charge in [0.2, 0.25) is 5.91 Å². The molecule has 1 amide bonds. The van der Waals surface area contributed by atoms with E-state index < -0.39 is 5.41 Å². The summed E-state index contributed by atoms with van der Waals surface area (Å²) in [5.74, 6) is -0.00347. The zero-order valence-electron chi connectivity index (χ0n) is 12.1. The van der Waals surface area contributed by atoms with Crippen LogP contribution in [0.3, 0.4) is 0 Å². The van der Waals surface area contributed by atoms with E-state index in [-0.39, 0.29) is 17.8 Å². The van der Waals surface area contributed by atoms with Gasteiger partial charge >= 0.3 is 0 Å². The van der Waals surface area contributed by atoms with E-state index in [0.717, 1.165) is 38.5 Å². The van der Waals surface area contributed by atoms with Crippen molar-refractivity contribution in [1.82, 2.24) is 5.32 Å². The number of nitrogens with two attached hydrogens (primary N) is 1. The predicted octanol–water partition coefficient (Wildman–Crippen LogP) is 2.38. The summed E-state index contributed by atoms with van der Waals surface area (Å²) in [6.07, 6.45) is 7.27. The molecule has 0 aromatic carbocycles. The molecule has 110 valence electrons. The smallest absolute Gasteiger partial charge is 0.234 e. The highest BCUT2D eigenvalue weighted by Crippen LogP contribution is 2.36. The van der Waals surface area contributed by atoms with E-state index in [2.05, 4.69) is 24.3 Å². The van der Waals surface area contributed by atoms with Crippen molar-refractivity contribution in [2.75, 3.05) is 0 Å². The van der Waals surface area contributed by atoms with Gasteiger partial charge in [0.15, 0.2) is 5.84 Å². The van der Waals surface area contributed by atoms with Gasteiger partial charge in [0.1, 0.15) is 5.41 Å². The third-order valence-electron chi connectivity index (χ3n) is 4.31. The second-order valence-corrected chi connectivity index (χ2v) is 5.47. The Kier molecular flexibility index (Phi) is 6.12. The summed E-state index contributed by atoms with van der Waals surface area (Å²) in [5, 5.41) is 15.2. The van der Waals surface area contributed by atoms with Crippen molar-refractivity contribution >= 4 is 11.7 Å². The van der Waals surface area contributed by atoms with Crippen LogP contribution in [0.25, 0.3) is 0 Å². The Balaban J connectivity index is 2.92. The lowest BCUT2D eigenvalue weighted by Crippen LogP contribution is -2.52. The van der Waals surface area contributed by atoms with Crippen LogP contribution in [0.2, 0.25) is 0 Å². The van der Waals surface area contributed by atoms with E-state index in [1.54, 1.807) is 0 Å². The quantitative estimate of drug-likeness (QED) is 0.235. The molecular formula is C14H27N3O2. The van der Waals surface area contributed by atoms with Crippen molar-refractivity contribution in [3.8, 4) is 0 Å². The van der Waals surface area contributed by atoms with E-state index in [4.69, 9.17) is 10.9 Å². The number of rotatable bonds is 5. The second kappa shape index (κ2) is 7.36. The lowest BCUT2D eigenvalue weighted by molar-refractivity contribution is -0.129. The van der Waals surface area contributed by atoms with E-state index in [0.29, 0.717) is 12.8 Å². The van der Waals surface area contributed by atoms with Crippen molar-refractivity contribution in [3.05, 3.63) is 0 Å². The molecule has 0 atom stereocenters. The molecular weight excluding hydrogens is 242 g/mol. The molecule has 19 heavy (non-hydrogen) atoms. The maximum absolute atomic E-state index is 12.6. The number of nitrogens with zero attached hydrogens (tertiary/aromatic N) is 1. The molecule has 1 saturated carbocycles. The number of hydrogen-bond acceptors (Lipinski definition) is 3. The fraction of sp³-hybridized carbons (Fsp3) is 0.857. The zero-order chi connectivity index (χ0) is 14.3. The van der Waals surface area contributed by atoms with Gasteiger partial charge in [-0.3, -0.25) is 4.79 Å². The van der Waals surface area contributed by atoms with Crippen molar-refractivity contribution in [1.29, 1.82) is 0 Å². The largest absolute Gasteiger partial charge is 0.409 e. The Morgan fingerprint density at radius 2 is 1.79 bits per heavy atom. The summed E-state index contributed by atoms with van der Waals surface area (Å²) in [4.78, 5) is 12.6. The molecule has 0 spiro atoms. The van der Waals surface area contributed by atoms with Crippen LogP contribution in [-0.4, -0.2) is 23.0 Å². The van der Waals surface area contributed by atoms with Crippen molar-refractivity contribution < 1.29 is 10.0 Å². The molecule has 0 radical (unpaired) electrons. The van der Waals surface area contributed by atoms with E-state index in [1.807, 2.05) is 0 Å². The lowest BCUT2D eigenvalue weighted by atomic mass is 9.78. The minimum atomic E-state index is -0.812. The molecule has 0 aromatic heterocycles. The van der Waals surface area contributed by atoms with Crippen LogP contribution in [-0.2, 0) is 4.79 Å². The number of amides is 1. The van der Waals surface area contributed by atoms with Gasteiger partial charge in [0.25, 0.3) is 0 Å². The van der Waals surface area contributed by atoms with Crippen LogP contribution >= 0.6 is 0 Å². The summed E-state index contributed by atoms with van der Waals surface area (Å²) in [7, 11) is 0. The molecule has 0 heterocycles. The third kappa shape index (κ3) is 3.61. The molecule has 0 aliphatic heterocycles. The minimum absolute atomic E-state index is 0.0675. The highest BCUT2D eigenvalue weighted by molar-refractivity contribution is 6.06. The van der Waals surface area contributed by atoms with Crippen LogP contribution in [0.4, 0.5) is 0 Å². The first kappa shape index (κ1) is 15.8. The molecule has 0 bridgehead atoms. The van der Waals surface area contributed by atoms with Crippen molar-refractivity contribution in [2.24, 2.45) is 16.3 Å². The van der Waals surface area contributed by atoms with Gasteiger partial charge < -0.3 is 16.3 Å². The van der Waals surface area contributed by atoms with Gasteiger partial charge in [-0.1, -0.05) is 44.7 Å². The SMILES string of the molecule is CCC(CC)NC(=O)C1(C(N)=NO)CCCCCC1. The fourth-order valence-corrected chi connectivity index (χ4v) is 2.84. The Bertz CT molecular complexity index is 317. The maximum Gasteiger partial charge on any atom is 0.234 e. The molecule has 4 N–H and O–H groups in total. The molecule has 1 rings (SSSR count). The molecule has 1 aliphatic carbocycles. The van der Waals surface area contributed by atoms with Crippen molar-refractivity contribution in [2.45, 2.75) is 71.3 Å². The Hall–Kier alpha value is -1.26. The van der Waals surface area contributed by atoms with Crippen LogP contribution in [0.15, 0.2) is 5.16 Å². The first-order valence-electron chi connectivity index (χ1n) is 7.39. The van der Waals surface area contributed by atoms with E-state index in [9.17, 15) is 4.79 Å².